The first kappa shape index (κ1) is 8.94. The highest BCUT2D eigenvalue weighted by Crippen LogP contribution is 2.10. The predicted molar refractivity (Wildman–Crippen MR) is 54.4 cm³/mol. The molecule has 0 unspecified atom stereocenters. The molecule has 0 radical (unpaired) electrons. The molecule has 0 bridgehead atoms. The van der Waals surface area contributed by atoms with Crippen LogP contribution in [0.4, 0.5) is 0 Å². The highest BCUT2D eigenvalue weighted by Gasteiger charge is 2.14. The Morgan fingerprint density at radius 2 is 2.21 bits per heavy atom. The highest BCUT2D eigenvalue weighted by molar-refractivity contribution is 5.96. The number of aromatic nitrogens is 2. The minimum absolute atomic E-state index is 0.00936. The zero-order valence-corrected chi connectivity index (χ0v) is 8.27. The number of nitrogens with zero attached hydrogens (tertiary/aromatic N) is 2. The summed E-state index contributed by atoms with van der Waals surface area (Å²) in [5, 5.41) is 0. The molecule has 0 aliphatic carbocycles. The van der Waals surface area contributed by atoms with Crippen LogP contribution in [0.1, 0.15) is 24.3 Å². The topological polar surface area (TPSA) is 34.4 Å². The highest BCUT2D eigenvalue weighted by atomic mass is 16.1. The van der Waals surface area contributed by atoms with E-state index in [9.17, 15) is 4.79 Å². The monoisotopic (exact) mass is 188 g/mol. The van der Waals surface area contributed by atoms with E-state index in [0.717, 1.165) is 5.65 Å². The first-order valence-electron chi connectivity index (χ1n) is 4.66. The van der Waals surface area contributed by atoms with Gasteiger partial charge in [-0.15, -0.1) is 0 Å². The molecule has 0 saturated heterocycles. The number of fused-ring (bicyclic) bond motifs is 1. The molecular weight excluding hydrogens is 176 g/mol. The van der Waals surface area contributed by atoms with Crippen LogP contribution in [0.5, 0.6) is 0 Å². The lowest BCUT2D eigenvalue weighted by Gasteiger charge is -2.02. The van der Waals surface area contributed by atoms with Crippen molar-refractivity contribution in [1.29, 1.82) is 0 Å². The van der Waals surface area contributed by atoms with E-state index in [-0.39, 0.29) is 11.7 Å². The Balaban J connectivity index is 2.58. The van der Waals surface area contributed by atoms with Gasteiger partial charge in [-0.05, 0) is 12.1 Å². The lowest BCUT2D eigenvalue weighted by atomic mass is 10.1. The molecule has 2 aromatic rings. The Labute approximate surface area is 82.4 Å². The van der Waals surface area contributed by atoms with E-state index >= 15 is 0 Å². The van der Waals surface area contributed by atoms with Crippen molar-refractivity contribution in [2.75, 3.05) is 0 Å². The number of ketones is 1. The number of rotatable bonds is 2. The van der Waals surface area contributed by atoms with Gasteiger partial charge >= 0.3 is 0 Å². The Bertz CT molecular complexity index is 471. The van der Waals surface area contributed by atoms with Crippen LogP contribution >= 0.6 is 0 Å². The number of carbonyl (C=O) groups is 1. The molecule has 0 aliphatic heterocycles. The zero-order chi connectivity index (χ0) is 10.1. The fourth-order valence-corrected chi connectivity index (χ4v) is 1.41. The summed E-state index contributed by atoms with van der Waals surface area (Å²) in [5.41, 5.74) is 1.48. The van der Waals surface area contributed by atoms with Gasteiger partial charge in [0.15, 0.2) is 5.78 Å². The molecule has 0 atom stereocenters. The summed E-state index contributed by atoms with van der Waals surface area (Å²) in [6.45, 7) is 3.79. The van der Waals surface area contributed by atoms with Gasteiger partial charge in [0, 0.05) is 12.1 Å². The Kier molecular flexibility index (Phi) is 2.08. The second-order valence-electron chi connectivity index (χ2n) is 3.59. The van der Waals surface area contributed by atoms with E-state index in [0.29, 0.717) is 5.69 Å². The molecule has 2 rings (SSSR count). The van der Waals surface area contributed by atoms with Gasteiger partial charge in [0.1, 0.15) is 11.3 Å². The summed E-state index contributed by atoms with van der Waals surface area (Å²) in [5.74, 6) is 0.138. The number of pyridine rings is 1. The number of Topliss-reactive ketones (excluding diaryl/α,β-unsaturated/α-hetero) is 1. The predicted octanol–water partition coefficient (Wildman–Crippen LogP) is 2.17. The molecule has 3 nitrogen and oxygen atoms in total. The Morgan fingerprint density at radius 3 is 2.93 bits per heavy atom. The second-order valence-corrected chi connectivity index (χ2v) is 3.59. The van der Waals surface area contributed by atoms with Crippen LogP contribution in [0.15, 0.2) is 30.6 Å². The van der Waals surface area contributed by atoms with Crippen molar-refractivity contribution in [3.8, 4) is 0 Å². The number of hydrogen-bond acceptors (Lipinski definition) is 2. The van der Waals surface area contributed by atoms with E-state index in [2.05, 4.69) is 4.98 Å². The van der Waals surface area contributed by atoms with E-state index in [1.54, 1.807) is 6.20 Å². The van der Waals surface area contributed by atoms with Crippen LogP contribution in [0.25, 0.3) is 5.65 Å². The van der Waals surface area contributed by atoms with Gasteiger partial charge in [0.25, 0.3) is 0 Å². The minimum atomic E-state index is 0.00936. The van der Waals surface area contributed by atoms with Crippen LogP contribution in [0, 0.1) is 5.92 Å². The van der Waals surface area contributed by atoms with Crippen molar-refractivity contribution in [3.05, 3.63) is 36.3 Å². The van der Waals surface area contributed by atoms with Crippen molar-refractivity contribution in [3.63, 3.8) is 0 Å². The molecule has 2 aromatic heterocycles. The van der Waals surface area contributed by atoms with Crippen LogP contribution in [0.3, 0.4) is 0 Å². The van der Waals surface area contributed by atoms with Gasteiger partial charge in [-0.25, -0.2) is 4.98 Å². The normalized spacial score (nSPS) is 11.1. The lowest BCUT2D eigenvalue weighted by molar-refractivity contribution is 0.0933. The zero-order valence-electron chi connectivity index (χ0n) is 8.27. The average Bonchev–Trinajstić information content (AvgIpc) is 2.60. The van der Waals surface area contributed by atoms with Gasteiger partial charge < -0.3 is 0 Å². The van der Waals surface area contributed by atoms with Crippen molar-refractivity contribution < 1.29 is 4.79 Å². The maximum Gasteiger partial charge on any atom is 0.183 e. The van der Waals surface area contributed by atoms with E-state index in [1.807, 2.05) is 42.6 Å². The first-order valence-corrected chi connectivity index (χ1v) is 4.66. The standard InChI is InChI=1S/C11H12N2O/c1-8(2)11(14)9-7-12-10-5-3-4-6-13(9)10/h3-8H,1-2H3. The molecule has 3 heteroatoms. The second kappa shape index (κ2) is 3.25. The smallest absolute Gasteiger partial charge is 0.183 e. The molecule has 14 heavy (non-hydrogen) atoms. The van der Waals surface area contributed by atoms with Crippen molar-refractivity contribution in [1.82, 2.24) is 9.38 Å². The van der Waals surface area contributed by atoms with E-state index < -0.39 is 0 Å². The quantitative estimate of drug-likeness (QED) is 0.677. The summed E-state index contributed by atoms with van der Waals surface area (Å²) >= 11 is 0. The fraction of sp³-hybridized carbons (Fsp3) is 0.273. The largest absolute Gasteiger partial charge is 0.297 e. The van der Waals surface area contributed by atoms with Crippen molar-refractivity contribution in [2.24, 2.45) is 5.92 Å². The fourth-order valence-electron chi connectivity index (χ4n) is 1.41. The molecule has 0 saturated carbocycles. The van der Waals surface area contributed by atoms with Crippen LogP contribution < -0.4 is 0 Å². The number of hydrogen-bond donors (Lipinski definition) is 0. The third-order valence-corrected chi connectivity index (χ3v) is 2.19. The van der Waals surface area contributed by atoms with E-state index in [4.69, 9.17) is 0 Å². The Hall–Kier alpha value is -1.64. The van der Waals surface area contributed by atoms with Crippen LogP contribution in [-0.4, -0.2) is 15.2 Å². The maximum absolute atomic E-state index is 11.8. The van der Waals surface area contributed by atoms with Crippen molar-refractivity contribution in [2.45, 2.75) is 13.8 Å². The summed E-state index contributed by atoms with van der Waals surface area (Å²) in [4.78, 5) is 15.9. The third kappa shape index (κ3) is 1.31. The Morgan fingerprint density at radius 1 is 1.43 bits per heavy atom. The maximum atomic E-state index is 11.8. The molecule has 0 amide bonds. The molecular formula is C11H12N2O. The number of carbonyl (C=O) groups excluding carboxylic acids is 1. The van der Waals surface area contributed by atoms with Crippen LogP contribution in [-0.2, 0) is 0 Å². The SMILES string of the molecule is CC(C)C(=O)c1cnc2ccccn12. The molecule has 0 aliphatic rings. The minimum Gasteiger partial charge on any atom is -0.297 e. The van der Waals surface area contributed by atoms with E-state index in [1.165, 1.54) is 0 Å². The van der Waals surface area contributed by atoms with Gasteiger partial charge in [0.2, 0.25) is 0 Å². The summed E-state index contributed by atoms with van der Waals surface area (Å²) in [7, 11) is 0. The summed E-state index contributed by atoms with van der Waals surface area (Å²) in [6, 6.07) is 5.69. The summed E-state index contributed by atoms with van der Waals surface area (Å²) < 4.78 is 1.82. The lowest BCUT2D eigenvalue weighted by Crippen LogP contribution is -2.09. The third-order valence-electron chi connectivity index (χ3n) is 2.19. The number of imidazole rings is 1. The molecule has 0 spiro atoms. The molecule has 2 heterocycles. The van der Waals surface area contributed by atoms with Crippen molar-refractivity contribution >= 4 is 11.4 Å². The molecule has 0 aromatic carbocycles. The molecule has 0 fully saturated rings. The van der Waals surface area contributed by atoms with Gasteiger partial charge in [0.05, 0.1) is 6.20 Å². The van der Waals surface area contributed by atoms with Crippen LogP contribution in [0.2, 0.25) is 0 Å². The molecule has 72 valence electrons. The van der Waals surface area contributed by atoms with Gasteiger partial charge in [-0.3, -0.25) is 9.20 Å². The van der Waals surface area contributed by atoms with Gasteiger partial charge in [-0.2, -0.15) is 0 Å². The average molecular weight is 188 g/mol. The molecule has 0 N–H and O–H groups in total. The first-order chi connectivity index (χ1) is 6.70. The summed E-state index contributed by atoms with van der Waals surface area (Å²) in [6.07, 6.45) is 3.50. The van der Waals surface area contributed by atoms with Gasteiger partial charge in [-0.1, -0.05) is 19.9 Å².